The first-order valence-corrected chi connectivity index (χ1v) is 9.87. The van der Waals surface area contributed by atoms with E-state index in [1.807, 2.05) is 22.7 Å². The molecular formula is C21H25N5O2. The number of ether oxygens (including phenoxy) is 2. The molecule has 0 unspecified atom stereocenters. The van der Waals surface area contributed by atoms with Crippen LogP contribution in [-0.2, 0) is 12.8 Å². The van der Waals surface area contributed by atoms with E-state index in [4.69, 9.17) is 19.6 Å². The smallest absolute Gasteiger partial charge is 0.158 e. The lowest BCUT2D eigenvalue weighted by molar-refractivity contribution is 0.394. The summed E-state index contributed by atoms with van der Waals surface area (Å²) in [6.07, 6.45) is 3.31. The third kappa shape index (κ3) is 2.86. The van der Waals surface area contributed by atoms with E-state index in [9.17, 15) is 0 Å². The SMILES string of the molecule is COc1cc(OC)cc(-c2cc3nc4c(c(N5CCNCC5)n3n2)CCC4)c1. The molecule has 1 aliphatic heterocycles. The predicted molar refractivity (Wildman–Crippen MR) is 109 cm³/mol. The topological polar surface area (TPSA) is 63.9 Å². The number of piperazine rings is 1. The van der Waals surface area contributed by atoms with E-state index in [0.29, 0.717) is 0 Å². The molecular weight excluding hydrogens is 354 g/mol. The Kier molecular flexibility index (Phi) is 4.31. The number of anilines is 1. The third-order valence-electron chi connectivity index (χ3n) is 5.66. The van der Waals surface area contributed by atoms with Gasteiger partial charge in [0.25, 0.3) is 0 Å². The van der Waals surface area contributed by atoms with Gasteiger partial charge in [-0.05, 0) is 31.4 Å². The first-order chi connectivity index (χ1) is 13.8. The number of hydrogen-bond donors (Lipinski definition) is 1. The number of aryl methyl sites for hydroxylation is 1. The number of fused-ring (bicyclic) bond motifs is 2. The number of nitrogens with one attached hydrogen (secondary N) is 1. The molecule has 0 radical (unpaired) electrons. The molecule has 1 aliphatic carbocycles. The molecule has 1 N–H and O–H groups in total. The Morgan fingerprint density at radius 1 is 0.964 bits per heavy atom. The molecule has 0 bridgehead atoms. The van der Waals surface area contributed by atoms with Gasteiger partial charge in [-0.3, -0.25) is 0 Å². The van der Waals surface area contributed by atoms with Crippen LogP contribution in [0.25, 0.3) is 16.9 Å². The second kappa shape index (κ2) is 6.98. The summed E-state index contributed by atoms with van der Waals surface area (Å²) < 4.78 is 12.9. The monoisotopic (exact) mass is 379 g/mol. The van der Waals surface area contributed by atoms with Crippen molar-refractivity contribution in [3.63, 3.8) is 0 Å². The van der Waals surface area contributed by atoms with E-state index in [1.54, 1.807) is 14.2 Å². The summed E-state index contributed by atoms with van der Waals surface area (Å²) in [5.74, 6) is 2.73. The van der Waals surface area contributed by atoms with Crippen LogP contribution < -0.4 is 19.7 Å². The molecule has 1 saturated heterocycles. The zero-order chi connectivity index (χ0) is 19.1. The second-order valence-corrected chi connectivity index (χ2v) is 7.35. The molecule has 3 aromatic rings. The van der Waals surface area contributed by atoms with Gasteiger partial charge in [0.15, 0.2) is 5.65 Å². The molecule has 146 valence electrons. The van der Waals surface area contributed by atoms with E-state index >= 15 is 0 Å². The zero-order valence-corrected chi connectivity index (χ0v) is 16.4. The van der Waals surface area contributed by atoms with E-state index in [2.05, 4.69) is 16.3 Å². The minimum atomic E-state index is 0.754. The van der Waals surface area contributed by atoms with Crippen LogP contribution in [0.1, 0.15) is 17.7 Å². The molecule has 2 aromatic heterocycles. The van der Waals surface area contributed by atoms with Crippen molar-refractivity contribution in [2.45, 2.75) is 19.3 Å². The number of rotatable bonds is 4. The highest BCUT2D eigenvalue weighted by atomic mass is 16.5. The molecule has 0 atom stereocenters. The highest BCUT2D eigenvalue weighted by Gasteiger charge is 2.26. The molecule has 28 heavy (non-hydrogen) atoms. The van der Waals surface area contributed by atoms with Crippen LogP contribution in [-0.4, -0.2) is 55.0 Å². The van der Waals surface area contributed by atoms with Gasteiger partial charge < -0.3 is 19.7 Å². The lowest BCUT2D eigenvalue weighted by Gasteiger charge is -2.31. The van der Waals surface area contributed by atoms with Crippen LogP contribution in [0.2, 0.25) is 0 Å². The van der Waals surface area contributed by atoms with Gasteiger partial charge in [-0.15, -0.1) is 0 Å². The van der Waals surface area contributed by atoms with Crippen LogP contribution in [0.3, 0.4) is 0 Å². The van der Waals surface area contributed by atoms with Gasteiger partial charge in [0.05, 0.1) is 19.9 Å². The molecule has 1 aromatic carbocycles. The van der Waals surface area contributed by atoms with Crippen molar-refractivity contribution in [3.05, 3.63) is 35.5 Å². The largest absolute Gasteiger partial charge is 0.497 e. The van der Waals surface area contributed by atoms with Crippen molar-refractivity contribution in [2.75, 3.05) is 45.3 Å². The number of nitrogens with zero attached hydrogens (tertiary/aromatic N) is 4. The van der Waals surface area contributed by atoms with E-state index in [-0.39, 0.29) is 0 Å². The fraction of sp³-hybridized carbons (Fsp3) is 0.429. The predicted octanol–water partition coefficient (Wildman–Crippen LogP) is 2.31. The van der Waals surface area contributed by atoms with Crippen LogP contribution in [0.4, 0.5) is 5.82 Å². The number of methoxy groups -OCH3 is 2. The fourth-order valence-electron chi connectivity index (χ4n) is 4.26. The van der Waals surface area contributed by atoms with E-state index in [0.717, 1.165) is 67.4 Å². The lowest BCUT2D eigenvalue weighted by atomic mass is 10.1. The van der Waals surface area contributed by atoms with Crippen molar-refractivity contribution in [3.8, 4) is 22.8 Å². The van der Waals surface area contributed by atoms with Gasteiger partial charge in [-0.1, -0.05) is 0 Å². The summed E-state index contributed by atoms with van der Waals surface area (Å²) in [5.41, 5.74) is 5.35. The van der Waals surface area contributed by atoms with Crippen molar-refractivity contribution < 1.29 is 9.47 Å². The molecule has 2 aliphatic rings. The van der Waals surface area contributed by atoms with E-state index < -0.39 is 0 Å². The molecule has 3 heterocycles. The Bertz CT molecular complexity index is 1000. The van der Waals surface area contributed by atoms with Crippen LogP contribution in [0.5, 0.6) is 11.5 Å². The molecule has 7 nitrogen and oxygen atoms in total. The van der Waals surface area contributed by atoms with Gasteiger partial charge in [0.1, 0.15) is 17.3 Å². The first kappa shape index (κ1) is 17.3. The Hall–Kier alpha value is -2.80. The average molecular weight is 379 g/mol. The quantitative estimate of drug-likeness (QED) is 0.751. The maximum absolute atomic E-state index is 5.43. The lowest BCUT2D eigenvalue weighted by Crippen LogP contribution is -2.44. The Balaban J connectivity index is 1.67. The summed E-state index contributed by atoms with van der Waals surface area (Å²) in [4.78, 5) is 7.39. The Morgan fingerprint density at radius 2 is 1.71 bits per heavy atom. The average Bonchev–Trinajstić information content (AvgIpc) is 3.38. The molecule has 5 rings (SSSR count). The summed E-state index contributed by atoms with van der Waals surface area (Å²) in [7, 11) is 3.33. The van der Waals surface area contributed by atoms with Gasteiger partial charge in [-0.25, -0.2) is 4.98 Å². The molecule has 0 amide bonds. The van der Waals surface area contributed by atoms with Gasteiger partial charge >= 0.3 is 0 Å². The van der Waals surface area contributed by atoms with Crippen molar-refractivity contribution in [1.82, 2.24) is 19.9 Å². The maximum Gasteiger partial charge on any atom is 0.158 e. The second-order valence-electron chi connectivity index (χ2n) is 7.35. The number of aromatic nitrogens is 3. The maximum atomic E-state index is 5.43. The van der Waals surface area contributed by atoms with Gasteiger partial charge in [-0.2, -0.15) is 9.61 Å². The number of benzene rings is 1. The van der Waals surface area contributed by atoms with Crippen LogP contribution in [0, 0.1) is 0 Å². The summed E-state index contributed by atoms with van der Waals surface area (Å²) in [5, 5.41) is 8.41. The normalized spacial score (nSPS) is 16.4. The summed E-state index contributed by atoms with van der Waals surface area (Å²) >= 11 is 0. The molecule has 7 heteroatoms. The fourth-order valence-corrected chi connectivity index (χ4v) is 4.26. The van der Waals surface area contributed by atoms with Gasteiger partial charge in [0, 0.05) is 55.1 Å². The minimum absolute atomic E-state index is 0.754. The van der Waals surface area contributed by atoms with Gasteiger partial charge in [0.2, 0.25) is 0 Å². The summed E-state index contributed by atoms with van der Waals surface area (Å²) in [6.45, 7) is 3.99. The Labute approximate surface area is 164 Å². The third-order valence-corrected chi connectivity index (χ3v) is 5.66. The first-order valence-electron chi connectivity index (χ1n) is 9.87. The molecule has 0 spiro atoms. The van der Waals surface area contributed by atoms with Crippen LogP contribution in [0.15, 0.2) is 24.3 Å². The van der Waals surface area contributed by atoms with Crippen molar-refractivity contribution in [2.24, 2.45) is 0 Å². The van der Waals surface area contributed by atoms with E-state index in [1.165, 1.54) is 23.5 Å². The molecule has 0 saturated carbocycles. The highest BCUT2D eigenvalue weighted by Crippen LogP contribution is 2.34. The summed E-state index contributed by atoms with van der Waals surface area (Å²) in [6, 6.07) is 7.92. The Morgan fingerprint density at radius 3 is 2.43 bits per heavy atom. The standard InChI is InChI=1S/C21H25N5O2/c1-27-15-10-14(11-16(12-15)28-2)19-13-20-23-18-5-3-4-17(18)21(26(20)24-19)25-8-6-22-7-9-25/h10-13,22H,3-9H2,1-2H3. The van der Waals surface area contributed by atoms with Crippen molar-refractivity contribution in [1.29, 1.82) is 0 Å². The molecule has 1 fully saturated rings. The minimum Gasteiger partial charge on any atom is -0.497 e. The highest BCUT2D eigenvalue weighted by molar-refractivity contribution is 5.70. The van der Waals surface area contributed by atoms with Crippen LogP contribution >= 0.6 is 0 Å². The zero-order valence-electron chi connectivity index (χ0n) is 16.4. The number of hydrogen-bond acceptors (Lipinski definition) is 6. The van der Waals surface area contributed by atoms with Crippen molar-refractivity contribution >= 4 is 11.5 Å².